The third-order valence-electron chi connectivity index (χ3n) is 4.41. The SMILES string of the molecule is CCc1cc(C(=O)OC)c(NC(=S)Nc2ccc(Cn3nc(C)cc3C)cc2)s1. The highest BCUT2D eigenvalue weighted by Crippen LogP contribution is 2.29. The normalized spacial score (nSPS) is 10.6. The summed E-state index contributed by atoms with van der Waals surface area (Å²) < 4.78 is 6.85. The zero-order chi connectivity index (χ0) is 21.0. The van der Waals surface area contributed by atoms with Crippen LogP contribution in [0.4, 0.5) is 10.7 Å². The molecule has 0 radical (unpaired) electrons. The second kappa shape index (κ2) is 9.19. The molecule has 8 heteroatoms. The predicted octanol–water partition coefficient (Wildman–Crippen LogP) is 4.77. The molecule has 29 heavy (non-hydrogen) atoms. The molecular weight excluding hydrogens is 404 g/mol. The third-order valence-corrected chi connectivity index (χ3v) is 5.81. The highest BCUT2D eigenvalue weighted by atomic mass is 32.1. The number of thiophene rings is 1. The van der Waals surface area contributed by atoms with Gasteiger partial charge in [0.05, 0.1) is 24.9 Å². The maximum absolute atomic E-state index is 12.0. The average Bonchev–Trinajstić information content (AvgIpc) is 3.24. The van der Waals surface area contributed by atoms with Crippen molar-refractivity contribution in [2.45, 2.75) is 33.7 Å². The van der Waals surface area contributed by atoms with Gasteiger partial charge in [-0.1, -0.05) is 19.1 Å². The fourth-order valence-electron chi connectivity index (χ4n) is 2.94. The van der Waals surface area contributed by atoms with Crippen LogP contribution >= 0.6 is 23.6 Å². The lowest BCUT2D eigenvalue weighted by molar-refractivity contribution is 0.0602. The van der Waals surface area contributed by atoms with E-state index in [1.165, 1.54) is 18.4 Å². The van der Waals surface area contributed by atoms with Crippen molar-refractivity contribution >= 4 is 45.3 Å². The van der Waals surface area contributed by atoms with E-state index in [9.17, 15) is 4.79 Å². The van der Waals surface area contributed by atoms with Crippen molar-refractivity contribution in [2.75, 3.05) is 17.7 Å². The van der Waals surface area contributed by atoms with Gasteiger partial charge in [0.1, 0.15) is 5.00 Å². The molecule has 0 aliphatic rings. The number of anilines is 2. The van der Waals surface area contributed by atoms with Crippen LogP contribution in [0.25, 0.3) is 0 Å². The molecule has 0 bridgehead atoms. The molecule has 3 rings (SSSR count). The number of aromatic nitrogens is 2. The Labute approximate surface area is 179 Å². The lowest BCUT2D eigenvalue weighted by Gasteiger charge is -2.11. The van der Waals surface area contributed by atoms with Gasteiger partial charge in [0.25, 0.3) is 0 Å². The summed E-state index contributed by atoms with van der Waals surface area (Å²) in [6, 6.07) is 11.9. The Kier molecular flexibility index (Phi) is 6.66. The predicted molar refractivity (Wildman–Crippen MR) is 122 cm³/mol. The topological polar surface area (TPSA) is 68.2 Å². The number of nitrogens with zero attached hydrogens (tertiary/aromatic N) is 2. The van der Waals surface area contributed by atoms with Gasteiger partial charge < -0.3 is 15.4 Å². The number of hydrogen-bond acceptors (Lipinski definition) is 5. The van der Waals surface area contributed by atoms with E-state index in [1.54, 1.807) is 0 Å². The summed E-state index contributed by atoms with van der Waals surface area (Å²) >= 11 is 6.92. The standard InChI is InChI=1S/C21H24N4O2S2/c1-5-17-11-18(20(26)27-4)19(29-17)23-21(28)22-16-8-6-15(7-9-16)12-25-14(3)10-13(2)24-25/h6-11H,5,12H2,1-4H3,(H2,22,23,28). The summed E-state index contributed by atoms with van der Waals surface area (Å²) in [5.41, 5.74) is 4.67. The molecule has 152 valence electrons. The van der Waals surface area contributed by atoms with E-state index < -0.39 is 0 Å². The molecule has 0 saturated carbocycles. The third kappa shape index (κ3) is 5.21. The number of carbonyl (C=O) groups excluding carboxylic acids is 1. The Balaban J connectivity index is 1.65. The lowest BCUT2D eigenvalue weighted by Crippen LogP contribution is -2.19. The first-order chi connectivity index (χ1) is 13.9. The van der Waals surface area contributed by atoms with Crippen molar-refractivity contribution in [1.29, 1.82) is 0 Å². The number of ether oxygens (including phenoxy) is 1. The van der Waals surface area contributed by atoms with E-state index in [0.29, 0.717) is 15.7 Å². The number of esters is 1. The Morgan fingerprint density at radius 3 is 2.52 bits per heavy atom. The van der Waals surface area contributed by atoms with Crippen molar-refractivity contribution in [1.82, 2.24) is 9.78 Å². The second-order valence-corrected chi connectivity index (χ2v) is 8.21. The molecule has 3 aromatic rings. The first-order valence-electron chi connectivity index (χ1n) is 9.28. The number of carbonyl (C=O) groups is 1. The minimum Gasteiger partial charge on any atom is -0.465 e. The zero-order valence-electron chi connectivity index (χ0n) is 16.9. The fourth-order valence-corrected chi connectivity index (χ4v) is 4.21. The maximum atomic E-state index is 12.0. The largest absolute Gasteiger partial charge is 0.465 e. The summed E-state index contributed by atoms with van der Waals surface area (Å²) in [5, 5.41) is 11.9. The molecule has 0 fully saturated rings. The van der Waals surface area contributed by atoms with Gasteiger partial charge >= 0.3 is 5.97 Å². The average molecular weight is 429 g/mol. The van der Waals surface area contributed by atoms with E-state index in [1.807, 2.05) is 48.9 Å². The summed E-state index contributed by atoms with van der Waals surface area (Å²) in [6.45, 7) is 6.81. The molecule has 0 amide bonds. The summed E-state index contributed by atoms with van der Waals surface area (Å²) in [4.78, 5) is 13.1. The van der Waals surface area contributed by atoms with E-state index in [-0.39, 0.29) is 5.97 Å². The van der Waals surface area contributed by atoms with Crippen LogP contribution in [0.2, 0.25) is 0 Å². The van der Waals surface area contributed by atoms with Crippen molar-refractivity contribution in [2.24, 2.45) is 0 Å². The van der Waals surface area contributed by atoms with Crippen molar-refractivity contribution in [3.63, 3.8) is 0 Å². The Morgan fingerprint density at radius 1 is 1.21 bits per heavy atom. The molecule has 0 saturated heterocycles. The number of rotatable bonds is 6. The van der Waals surface area contributed by atoms with Crippen LogP contribution in [0.5, 0.6) is 0 Å². The Hall–Kier alpha value is -2.71. The van der Waals surface area contributed by atoms with Crippen LogP contribution in [0.3, 0.4) is 0 Å². The fraction of sp³-hybridized carbons (Fsp3) is 0.286. The van der Waals surface area contributed by atoms with Crippen molar-refractivity contribution < 1.29 is 9.53 Å². The summed E-state index contributed by atoms with van der Waals surface area (Å²) in [6.07, 6.45) is 0.841. The molecule has 2 N–H and O–H groups in total. The molecular formula is C21H24N4O2S2. The number of thiocarbonyl (C=S) groups is 1. The molecule has 1 aromatic carbocycles. The van der Waals surface area contributed by atoms with E-state index in [0.717, 1.165) is 40.5 Å². The van der Waals surface area contributed by atoms with Crippen LogP contribution in [0, 0.1) is 13.8 Å². The van der Waals surface area contributed by atoms with Gasteiger partial charge in [-0.2, -0.15) is 5.10 Å². The first kappa shape index (κ1) is 21.0. The molecule has 0 spiro atoms. The molecule has 0 atom stereocenters. The van der Waals surface area contributed by atoms with Gasteiger partial charge in [-0.3, -0.25) is 4.68 Å². The number of nitrogens with one attached hydrogen (secondary N) is 2. The molecule has 0 aliphatic heterocycles. The van der Waals surface area contributed by atoms with Gasteiger partial charge in [-0.25, -0.2) is 4.79 Å². The lowest BCUT2D eigenvalue weighted by atomic mass is 10.2. The van der Waals surface area contributed by atoms with Crippen molar-refractivity contribution in [3.8, 4) is 0 Å². The Bertz CT molecular complexity index is 1020. The molecule has 2 aromatic heterocycles. The van der Waals surface area contributed by atoms with Crippen LogP contribution in [-0.4, -0.2) is 28.0 Å². The summed E-state index contributed by atoms with van der Waals surface area (Å²) in [5.74, 6) is -0.375. The van der Waals surface area contributed by atoms with E-state index >= 15 is 0 Å². The van der Waals surface area contributed by atoms with Gasteiger partial charge in [-0.15, -0.1) is 11.3 Å². The first-order valence-corrected chi connectivity index (χ1v) is 10.5. The van der Waals surface area contributed by atoms with Crippen LogP contribution in [0.15, 0.2) is 36.4 Å². The molecule has 6 nitrogen and oxygen atoms in total. The zero-order valence-corrected chi connectivity index (χ0v) is 18.5. The smallest absolute Gasteiger partial charge is 0.340 e. The molecule has 0 aliphatic carbocycles. The second-order valence-electron chi connectivity index (χ2n) is 6.66. The van der Waals surface area contributed by atoms with Gasteiger partial charge in [-0.05, 0) is 62.3 Å². The van der Waals surface area contributed by atoms with Gasteiger partial charge in [0.2, 0.25) is 0 Å². The minimum atomic E-state index is -0.375. The highest BCUT2D eigenvalue weighted by molar-refractivity contribution is 7.80. The van der Waals surface area contributed by atoms with E-state index in [4.69, 9.17) is 17.0 Å². The summed E-state index contributed by atoms with van der Waals surface area (Å²) in [7, 11) is 1.37. The van der Waals surface area contributed by atoms with Crippen LogP contribution < -0.4 is 10.6 Å². The number of hydrogen-bond donors (Lipinski definition) is 2. The number of benzene rings is 1. The van der Waals surface area contributed by atoms with Gasteiger partial charge in [0.15, 0.2) is 5.11 Å². The minimum absolute atomic E-state index is 0.375. The maximum Gasteiger partial charge on any atom is 0.340 e. The highest BCUT2D eigenvalue weighted by Gasteiger charge is 2.17. The number of aryl methyl sites for hydroxylation is 3. The van der Waals surface area contributed by atoms with Crippen LogP contribution in [-0.2, 0) is 17.7 Å². The number of methoxy groups -OCH3 is 1. The van der Waals surface area contributed by atoms with Crippen molar-refractivity contribution in [3.05, 3.63) is 63.8 Å². The van der Waals surface area contributed by atoms with Crippen LogP contribution in [0.1, 0.15) is 39.1 Å². The quantitative estimate of drug-likeness (QED) is 0.436. The van der Waals surface area contributed by atoms with Gasteiger partial charge in [0, 0.05) is 16.3 Å². The van der Waals surface area contributed by atoms with E-state index in [2.05, 4.69) is 28.7 Å². The monoisotopic (exact) mass is 428 g/mol. The molecule has 0 unspecified atom stereocenters. The molecule has 2 heterocycles. The Morgan fingerprint density at radius 2 is 1.93 bits per heavy atom.